The Hall–Kier alpha value is -3.11. The van der Waals surface area contributed by atoms with Crippen LogP contribution in [0.1, 0.15) is 37.3 Å². The van der Waals surface area contributed by atoms with Gasteiger partial charge in [0.1, 0.15) is 11.3 Å². The molecule has 5 N–H and O–H groups in total. The number of rotatable bonds is 9. The number of benzene rings is 1. The maximum atomic E-state index is 12.7. The molecule has 1 fully saturated rings. The molecule has 1 saturated heterocycles. The van der Waals surface area contributed by atoms with E-state index in [-0.39, 0.29) is 24.1 Å². The van der Waals surface area contributed by atoms with Crippen LogP contribution in [-0.2, 0) is 13.1 Å². The van der Waals surface area contributed by atoms with Crippen molar-refractivity contribution in [1.29, 1.82) is 0 Å². The summed E-state index contributed by atoms with van der Waals surface area (Å²) in [5, 5.41) is 0. The molecule has 0 radical (unpaired) electrons. The number of nitrogen functional groups attached to an aromatic ring is 1. The average molecular weight is 456 g/mol. The molecule has 178 valence electrons. The highest BCUT2D eigenvalue weighted by atomic mass is 16.5. The lowest BCUT2D eigenvalue weighted by molar-refractivity contribution is 0.173. The van der Waals surface area contributed by atoms with Crippen molar-refractivity contribution in [1.82, 2.24) is 24.4 Å². The molecule has 10 nitrogen and oxygen atoms in total. The first-order chi connectivity index (χ1) is 16.0. The molecule has 0 spiro atoms. The maximum Gasteiger partial charge on any atom is 0.328 e. The lowest BCUT2D eigenvalue weighted by Crippen LogP contribution is -2.33. The van der Waals surface area contributed by atoms with Crippen molar-refractivity contribution < 1.29 is 9.47 Å². The van der Waals surface area contributed by atoms with E-state index in [9.17, 15) is 4.79 Å². The molecule has 10 heteroatoms. The second kappa shape index (κ2) is 10.2. The lowest BCUT2D eigenvalue weighted by atomic mass is 9.93. The zero-order chi connectivity index (χ0) is 23.4. The summed E-state index contributed by atoms with van der Waals surface area (Å²) >= 11 is 0. The number of nitrogens with one attached hydrogen (secondary N) is 1. The summed E-state index contributed by atoms with van der Waals surface area (Å²) in [5.41, 5.74) is 14.3. The van der Waals surface area contributed by atoms with Crippen LogP contribution in [-0.4, -0.2) is 57.8 Å². The second-order valence-electron chi connectivity index (χ2n) is 8.48. The summed E-state index contributed by atoms with van der Waals surface area (Å²) in [6.07, 6.45) is 3.52. The van der Waals surface area contributed by atoms with Crippen molar-refractivity contribution in [2.24, 2.45) is 11.7 Å². The Bertz CT molecular complexity index is 1150. The number of fused-ring (bicyclic) bond motifs is 1. The van der Waals surface area contributed by atoms with Gasteiger partial charge in [0.15, 0.2) is 11.5 Å². The highest BCUT2D eigenvalue weighted by molar-refractivity contribution is 5.82. The quantitative estimate of drug-likeness (QED) is 0.443. The van der Waals surface area contributed by atoms with E-state index in [1.54, 1.807) is 7.11 Å². The van der Waals surface area contributed by atoms with E-state index in [0.717, 1.165) is 49.8 Å². The van der Waals surface area contributed by atoms with Gasteiger partial charge in [0.25, 0.3) is 0 Å². The summed E-state index contributed by atoms with van der Waals surface area (Å²) < 4.78 is 12.6. The lowest BCUT2D eigenvalue weighted by Gasteiger charge is -2.32. The Morgan fingerprint density at radius 1 is 1.21 bits per heavy atom. The van der Waals surface area contributed by atoms with E-state index < -0.39 is 0 Å². The minimum absolute atomic E-state index is 0.146. The molecule has 0 saturated carbocycles. The van der Waals surface area contributed by atoms with E-state index in [4.69, 9.17) is 20.9 Å². The molecular formula is C23H33N7O3. The monoisotopic (exact) mass is 455 g/mol. The Balaban J connectivity index is 1.54. The standard InChI is InChI=1S/C23H33N7O3/c1-3-33-22-27-20(25)19-21(28-22)30(23(31)26-19)14-17-5-4-16(12-18(17)32-2)13-29-10-7-15(6-9-24)8-11-29/h4-5,12,15H,3,6-11,13-14,24H2,1-2H3,(H,26,31)(H2,25,27,28). The van der Waals surface area contributed by atoms with Gasteiger partial charge in [-0.15, -0.1) is 0 Å². The Kier molecular flexibility index (Phi) is 7.14. The van der Waals surface area contributed by atoms with Crippen LogP contribution in [0.3, 0.4) is 0 Å². The first-order valence-corrected chi connectivity index (χ1v) is 11.5. The molecule has 3 heterocycles. The number of methoxy groups -OCH3 is 1. The minimum Gasteiger partial charge on any atom is -0.496 e. The van der Waals surface area contributed by atoms with Crippen LogP contribution >= 0.6 is 0 Å². The van der Waals surface area contributed by atoms with Crippen molar-refractivity contribution >= 4 is 17.0 Å². The molecule has 0 unspecified atom stereocenters. The summed E-state index contributed by atoms with van der Waals surface area (Å²) in [5.74, 6) is 1.66. The Labute approximate surface area is 192 Å². The van der Waals surface area contributed by atoms with Gasteiger partial charge in [0.05, 0.1) is 20.3 Å². The Morgan fingerprint density at radius 3 is 2.70 bits per heavy atom. The number of hydrogen-bond donors (Lipinski definition) is 3. The third-order valence-corrected chi connectivity index (χ3v) is 6.27. The van der Waals surface area contributed by atoms with Crippen LogP contribution in [0.25, 0.3) is 11.2 Å². The number of H-pyrrole nitrogens is 1. The summed E-state index contributed by atoms with van der Waals surface area (Å²) in [7, 11) is 1.65. The molecule has 2 aromatic heterocycles. The van der Waals surface area contributed by atoms with Gasteiger partial charge in [-0.05, 0) is 63.4 Å². The SMILES string of the molecule is CCOc1nc(N)c2[nH]c(=O)n(Cc3ccc(CN4CCC(CCN)CC4)cc3OC)c2n1. The number of piperidine rings is 1. The molecular weight excluding hydrogens is 422 g/mol. The number of nitrogens with two attached hydrogens (primary N) is 2. The second-order valence-corrected chi connectivity index (χ2v) is 8.48. The fourth-order valence-electron chi connectivity index (χ4n) is 4.49. The molecule has 1 aliphatic heterocycles. The van der Waals surface area contributed by atoms with Gasteiger partial charge < -0.3 is 25.9 Å². The fraction of sp³-hybridized carbons (Fsp3) is 0.522. The number of aromatic amines is 1. The first-order valence-electron chi connectivity index (χ1n) is 11.5. The molecule has 1 aliphatic rings. The van der Waals surface area contributed by atoms with E-state index in [1.807, 2.05) is 13.0 Å². The van der Waals surface area contributed by atoms with Crippen LogP contribution in [0.2, 0.25) is 0 Å². The number of imidazole rings is 1. The topological polar surface area (TPSA) is 137 Å². The molecule has 4 rings (SSSR count). The normalized spacial score (nSPS) is 15.2. The zero-order valence-electron chi connectivity index (χ0n) is 19.3. The zero-order valence-corrected chi connectivity index (χ0v) is 19.3. The van der Waals surface area contributed by atoms with E-state index in [1.165, 1.54) is 23.0 Å². The first kappa shape index (κ1) is 23.1. The predicted octanol–water partition coefficient (Wildman–Crippen LogP) is 1.72. The highest BCUT2D eigenvalue weighted by Gasteiger charge is 2.20. The summed E-state index contributed by atoms with van der Waals surface area (Å²) in [6.45, 7) is 6.34. The molecule has 33 heavy (non-hydrogen) atoms. The largest absolute Gasteiger partial charge is 0.496 e. The highest BCUT2D eigenvalue weighted by Crippen LogP contribution is 2.26. The van der Waals surface area contributed by atoms with Crippen LogP contribution in [0.5, 0.6) is 11.8 Å². The molecule has 3 aromatic rings. The smallest absolute Gasteiger partial charge is 0.328 e. The molecule has 0 atom stereocenters. The van der Waals surface area contributed by atoms with Gasteiger partial charge in [-0.1, -0.05) is 12.1 Å². The Morgan fingerprint density at radius 2 is 2.00 bits per heavy atom. The molecule has 0 aliphatic carbocycles. The van der Waals surface area contributed by atoms with Crippen molar-refractivity contribution in [3.63, 3.8) is 0 Å². The number of aromatic nitrogens is 4. The van der Waals surface area contributed by atoms with Gasteiger partial charge in [0.2, 0.25) is 0 Å². The van der Waals surface area contributed by atoms with Gasteiger partial charge in [-0.3, -0.25) is 9.47 Å². The third-order valence-electron chi connectivity index (χ3n) is 6.27. The third kappa shape index (κ3) is 5.12. The molecule has 0 bridgehead atoms. The maximum absolute atomic E-state index is 12.7. The number of likely N-dealkylation sites (tertiary alicyclic amines) is 1. The predicted molar refractivity (Wildman–Crippen MR) is 127 cm³/mol. The summed E-state index contributed by atoms with van der Waals surface area (Å²) in [4.78, 5) is 26.3. The number of nitrogens with zero attached hydrogens (tertiary/aromatic N) is 4. The van der Waals surface area contributed by atoms with Crippen LogP contribution in [0.15, 0.2) is 23.0 Å². The van der Waals surface area contributed by atoms with Crippen LogP contribution in [0.4, 0.5) is 5.82 Å². The van der Waals surface area contributed by atoms with E-state index in [2.05, 4.69) is 32.0 Å². The summed E-state index contributed by atoms with van der Waals surface area (Å²) in [6, 6.07) is 6.30. The van der Waals surface area contributed by atoms with Crippen LogP contribution < -0.4 is 26.6 Å². The van der Waals surface area contributed by atoms with Gasteiger partial charge >= 0.3 is 11.7 Å². The van der Waals surface area contributed by atoms with Crippen molar-refractivity contribution in [2.45, 2.75) is 39.3 Å². The number of anilines is 1. The minimum atomic E-state index is -0.314. The number of hydrogen-bond acceptors (Lipinski definition) is 8. The molecule has 1 aromatic carbocycles. The van der Waals surface area contributed by atoms with Gasteiger partial charge in [0, 0.05) is 12.1 Å². The van der Waals surface area contributed by atoms with Crippen molar-refractivity contribution in [2.75, 3.05) is 39.1 Å². The molecule has 0 amide bonds. The van der Waals surface area contributed by atoms with Crippen molar-refractivity contribution in [3.05, 3.63) is 39.8 Å². The van der Waals surface area contributed by atoms with Gasteiger partial charge in [-0.2, -0.15) is 9.97 Å². The average Bonchev–Trinajstić information content (AvgIpc) is 3.12. The number of ether oxygens (including phenoxy) is 2. The van der Waals surface area contributed by atoms with Gasteiger partial charge in [-0.25, -0.2) is 4.79 Å². The fourth-order valence-corrected chi connectivity index (χ4v) is 4.49. The van der Waals surface area contributed by atoms with Crippen molar-refractivity contribution in [3.8, 4) is 11.8 Å². The van der Waals surface area contributed by atoms with E-state index >= 15 is 0 Å². The van der Waals surface area contributed by atoms with Crippen LogP contribution in [0, 0.1) is 5.92 Å². The van der Waals surface area contributed by atoms with E-state index in [0.29, 0.717) is 17.8 Å².